The molecule has 2 N–H and O–H groups in total. The number of aromatic nitrogens is 1. The Labute approximate surface area is 140 Å². The zero-order valence-electron chi connectivity index (χ0n) is 14.0. The maximum atomic E-state index is 12.5. The molecule has 0 bridgehead atoms. The topological polar surface area (TPSA) is 81.7 Å². The van der Waals surface area contributed by atoms with Crippen molar-refractivity contribution in [1.82, 2.24) is 4.98 Å². The zero-order valence-corrected chi connectivity index (χ0v) is 14.0. The third kappa shape index (κ3) is 4.60. The first-order valence-corrected chi connectivity index (χ1v) is 7.40. The number of carbonyl (C=O) groups is 1. The number of ether oxygens (including phenoxy) is 3. The Balaban J connectivity index is 2.13. The number of nitrogens with one attached hydrogen (secondary N) is 2. The van der Waals surface area contributed by atoms with Crippen LogP contribution in [-0.2, 0) is 4.74 Å². The van der Waals surface area contributed by atoms with Crippen LogP contribution in [0.4, 0.5) is 11.5 Å². The molecule has 128 valence electrons. The van der Waals surface area contributed by atoms with E-state index in [4.69, 9.17) is 14.2 Å². The Kier molecular flexibility index (Phi) is 6.39. The minimum atomic E-state index is -0.265. The van der Waals surface area contributed by atoms with Gasteiger partial charge in [-0.05, 0) is 24.3 Å². The van der Waals surface area contributed by atoms with Gasteiger partial charge in [-0.15, -0.1) is 0 Å². The van der Waals surface area contributed by atoms with E-state index in [9.17, 15) is 4.79 Å². The van der Waals surface area contributed by atoms with Crippen molar-refractivity contribution in [3.8, 4) is 11.5 Å². The van der Waals surface area contributed by atoms with E-state index in [1.165, 1.54) is 0 Å². The highest BCUT2D eigenvalue weighted by atomic mass is 16.5. The standard InChI is InChI=1S/C17H21N3O4/c1-22-9-8-19-16-10-12(6-7-18-16)17(21)20-14-11-13(23-2)4-5-15(14)24-3/h4-7,10-11H,8-9H2,1-3H3,(H,18,19)(H,20,21). The summed E-state index contributed by atoms with van der Waals surface area (Å²) >= 11 is 0. The van der Waals surface area contributed by atoms with E-state index in [1.54, 1.807) is 57.9 Å². The smallest absolute Gasteiger partial charge is 0.255 e. The Morgan fingerprint density at radius 2 is 1.96 bits per heavy atom. The predicted molar refractivity (Wildman–Crippen MR) is 92.1 cm³/mol. The average Bonchev–Trinajstić information content (AvgIpc) is 2.62. The number of methoxy groups -OCH3 is 3. The third-order valence-electron chi connectivity index (χ3n) is 3.29. The number of benzene rings is 1. The Hall–Kier alpha value is -2.80. The molecule has 1 aromatic carbocycles. The highest BCUT2D eigenvalue weighted by Gasteiger charge is 2.12. The number of anilines is 2. The first-order chi connectivity index (χ1) is 11.7. The van der Waals surface area contributed by atoms with Crippen molar-refractivity contribution in [2.75, 3.05) is 45.1 Å². The normalized spacial score (nSPS) is 10.1. The number of nitrogens with zero attached hydrogens (tertiary/aromatic N) is 1. The molecule has 7 heteroatoms. The van der Waals surface area contributed by atoms with Crippen LogP contribution in [0.2, 0.25) is 0 Å². The second-order valence-electron chi connectivity index (χ2n) is 4.87. The molecule has 0 saturated heterocycles. The van der Waals surface area contributed by atoms with E-state index < -0.39 is 0 Å². The summed E-state index contributed by atoms with van der Waals surface area (Å²) in [7, 11) is 4.73. The van der Waals surface area contributed by atoms with E-state index in [-0.39, 0.29) is 5.91 Å². The molecule has 0 fully saturated rings. The molecule has 0 saturated carbocycles. The molecule has 24 heavy (non-hydrogen) atoms. The molecule has 1 amide bonds. The molecule has 0 atom stereocenters. The molecular weight excluding hydrogens is 310 g/mol. The van der Waals surface area contributed by atoms with Crippen molar-refractivity contribution in [2.24, 2.45) is 0 Å². The van der Waals surface area contributed by atoms with Crippen LogP contribution in [-0.4, -0.2) is 45.4 Å². The average molecular weight is 331 g/mol. The van der Waals surface area contributed by atoms with Crippen LogP contribution in [0, 0.1) is 0 Å². The largest absolute Gasteiger partial charge is 0.497 e. The number of hydrogen-bond donors (Lipinski definition) is 2. The molecule has 0 spiro atoms. The highest BCUT2D eigenvalue weighted by Crippen LogP contribution is 2.29. The third-order valence-corrected chi connectivity index (χ3v) is 3.29. The molecule has 2 aromatic rings. The van der Waals surface area contributed by atoms with Crippen LogP contribution in [0.15, 0.2) is 36.5 Å². The van der Waals surface area contributed by atoms with Crippen molar-refractivity contribution in [1.29, 1.82) is 0 Å². The van der Waals surface area contributed by atoms with Gasteiger partial charge in [-0.25, -0.2) is 4.98 Å². The van der Waals surface area contributed by atoms with Crippen LogP contribution in [0.5, 0.6) is 11.5 Å². The minimum absolute atomic E-state index is 0.265. The van der Waals surface area contributed by atoms with Crippen LogP contribution >= 0.6 is 0 Å². The summed E-state index contributed by atoms with van der Waals surface area (Å²) in [5.74, 6) is 1.52. The number of pyridine rings is 1. The van der Waals surface area contributed by atoms with E-state index in [2.05, 4.69) is 15.6 Å². The van der Waals surface area contributed by atoms with Gasteiger partial charge in [0.15, 0.2) is 0 Å². The second-order valence-corrected chi connectivity index (χ2v) is 4.87. The van der Waals surface area contributed by atoms with Crippen LogP contribution in [0.25, 0.3) is 0 Å². The Morgan fingerprint density at radius 1 is 1.12 bits per heavy atom. The van der Waals surface area contributed by atoms with Gasteiger partial charge in [0.05, 0.1) is 26.5 Å². The quantitative estimate of drug-likeness (QED) is 0.723. The van der Waals surface area contributed by atoms with Crippen LogP contribution in [0.3, 0.4) is 0 Å². The van der Waals surface area contributed by atoms with Crippen molar-refractivity contribution in [2.45, 2.75) is 0 Å². The van der Waals surface area contributed by atoms with Gasteiger partial charge in [-0.2, -0.15) is 0 Å². The van der Waals surface area contributed by atoms with Gasteiger partial charge in [0.25, 0.3) is 5.91 Å². The van der Waals surface area contributed by atoms with E-state index in [0.29, 0.717) is 41.7 Å². The first-order valence-electron chi connectivity index (χ1n) is 7.40. The Bertz CT molecular complexity index is 691. The summed E-state index contributed by atoms with van der Waals surface area (Å²) in [4.78, 5) is 16.6. The van der Waals surface area contributed by atoms with Crippen molar-refractivity contribution >= 4 is 17.4 Å². The van der Waals surface area contributed by atoms with Gasteiger partial charge in [0.1, 0.15) is 17.3 Å². The van der Waals surface area contributed by atoms with Crippen LogP contribution in [0.1, 0.15) is 10.4 Å². The van der Waals surface area contributed by atoms with E-state index in [0.717, 1.165) is 0 Å². The SMILES string of the molecule is COCCNc1cc(C(=O)Nc2cc(OC)ccc2OC)ccn1. The van der Waals surface area contributed by atoms with Crippen molar-refractivity contribution in [3.05, 3.63) is 42.1 Å². The number of amides is 1. The molecule has 1 heterocycles. The molecule has 0 aliphatic rings. The lowest BCUT2D eigenvalue weighted by atomic mass is 10.2. The molecule has 0 radical (unpaired) electrons. The van der Waals surface area contributed by atoms with Gasteiger partial charge in [0, 0.05) is 31.5 Å². The monoisotopic (exact) mass is 331 g/mol. The molecular formula is C17H21N3O4. The summed E-state index contributed by atoms with van der Waals surface area (Å²) in [6, 6.07) is 8.52. The number of rotatable bonds is 8. The predicted octanol–water partition coefficient (Wildman–Crippen LogP) is 2.41. The van der Waals surface area contributed by atoms with Gasteiger partial charge in [0.2, 0.25) is 0 Å². The lowest BCUT2D eigenvalue weighted by Crippen LogP contribution is -2.14. The maximum Gasteiger partial charge on any atom is 0.255 e. The maximum absolute atomic E-state index is 12.5. The summed E-state index contributed by atoms with van der Waals surface area (Å²) in [5, 5.41) is 5.91. The lowest BCUT2D eigenvalue weighted by molar-refractivity contribution is 0.102. The van der Waals surface area contributed by atoms with Crippen molar-refractivity contribution < 1.29 is 19.0 Å². The lowest BCUT2D eigenvalue weighted by Gasteiger charge is -2.12. The molecule has 1 aromatic heterocycles. The van der Waals surface area contributed by atoms with Gasteiger partial charge < -0.3 is 24.8 Å². The summed E-state index contributed by atoms with van der Waals surface area (Å²) in [6.07, 6.45) is 1.58. The van der Waals surface area contributed by atoms with Gasteiger partial charge in [-0.3, -0.25) is 4.79 Å². The molecule has 0 aliphatic carbocycles. The molecule has 7 nitrogen and oxygen atoms in total. The molecule has 0 unspecified atom stereocenters. The summed E-state index contributed by atoms with van der Waals surface area (Å²) in [5.41, 5.74) is 1.02. The van der Waals surface area contributed by atoms with Crippen molar-refractivity contribution in [3.63, 3.8) is 0 Å². The second kappa shape index (κ2) is 8.73. The number of hydrogen-bond acceptors (Lipinski definition) is 6. The molecule has 2 rings (SSSR count). The van der Waals surface area contributed by atoms with Gasteiger partial charge in [-0.1, -0.05) is 0 Å². The summed E-state index contributed by atoms with van der Waals surface area (Å²) in [6.45, 7) is 1.16. The Morgan fingerprint density at radius 3 is 2.67 bits per heavy atom. The fraction of sp³-hybridized carbons (Fsp3) is 0.294. The fourth-order valence-electron chi connectivity index (χ4n) is 2.06. The zero-order chi connectivity index (χ0) is 17.4. The number of carbonyl (C=O) groups excluding carboxylic acids is 1. The van der Waals surface area contributed by atoms with E-state index >= 15 is 0 Å². The van der Waals surface area contributed by atoms with Gasteiger partial charge >= 0.3 is 0 Å². The first kappa shape index (κ1) is 17.6. The van der Waals surface area contributed by atoms with E-state index in [1.807, 2.05) is 0 Å². The van der Waals surface area contributed by atoms with Crippen LogP contribution < -0.4 is 20.1 Å². The highest BCUT2D eigenvalue weighted by molar-refractivity contribution is 6.05. The summed E-state index contributed by atoms with van der Waals surface area (Å²) < 4.78 is 15.4. The fourth-order valence-corrected chi connectivity index (χ4v) is 2.06. The molecule has 0 aliphatic heterocycles. The minimum Gasteiger partial charge on any atom is -0.497 e.